The summed E-state index contributed by atoms with van der Waals surface area (Å²) < 4.78 is 0. The Kier molecular flexibility index (Phi) is 3.75. The molecule has 0 unspecified atom stereocenters. The van der Waals surface area contributed by atoms with E-state index < -0.39 is 6.04 Å². The molecule has 1 saturated heterocycles. The molecule has 2 rings (SSSR count). The van der Waals surface area contributed by atoms with Crippen molar-refractivity contribution in [1.29, 1.82) is 0 Å². The van der Waals surface area contributed by atoms with Crippen LogP contribution in [0.25, 0.3) is 0 Å². The fraction of sp³-hybridized carbons (Fsp3) is 0.636. The molecule has 0 saturated carbocycles. The monoisotopic (exact) mass is 237 g/mol. The number of hydrogen-bond acceptors (Lipinski definition) is 4. The third kappa shape index (κ3) is 3.04. The van der Waals surface area contributed by atoms with Gasteiger partial charge in [0, 0.05) is 44.5 Å². The van der Waals surface area contributed by atoms with E-state index >= 15 is 0 Å². The Hall–Kier alpha value is -1.40. The van der Waals surface area contributed by atoms with Gasteiger partial charge in [0.05, 0.1) is 12.4 Å². The number of carbonyl (C=O) groups is 1. The first-order valence-corrected chi connectivity index (χ1v) is 5.87. The maximum Gasteiger partial charge on any atom is 0.239 e. The Morgan fingerprint density at radius 1 is 1.53 bits per heavy atom. The molecule has 1 amide bonds. The number of imidazole rings is 1. The number of aromatic nitrogens is 2. The molecular weight excluding hydrogens is 218 g/mol. The molecule has 1 atom stereocenters. The second-order valence-corrected chi connectivity index (χ2v) is 4.52. The molecule has 1 aromatic heterocycles. The highest BCUT2D eigenvalue weighted by atomic mass is 16.2. The van der Waals surface area contributed by atoms with Crippen LogP contribution in [0.15, 0.2) is 12.5 Å². The van der Waals surface area contributed by atoms with E-state index in [1.165, 1.54) is 0 Å². The Labute approximate surface area is 101 Å². The molecule has 2 heterocycles. The summed E-state index contributed by atoms with van der Waals surface area (Å²) >= 11 is 0. The summed E-state index contributed by atoms with van der Waals surface area (Å²) in [5.41, 5.74) is 6.82. The maximum atomic E-state index is 12.1. The summed E-state index contributed by atoms with van der Waals surface area (Å²) in [4.78, 5) is 23.0. The van der Waals surface area contributed by atoms with Gasteiger partial charge in [-0.05, 0) is 7.05 Å². The van der Waals surface area contributed by atoms with Gasteiger partial charge in [-0.3, -0.25) is 4.79 Å². The Morgan fingerprint density at radius 2 is 2.24 bits per heavy atom. The van der Waals surface area contributed by atoms with E-state index in [-0.39, 0.29) is 5.91 Å². The number of nitrogens with zero attached hydrogens (tertiary/aromatic N) is 3. The molecular formula is C11H19N5O. The number of amides is 1. The molecule has 17 heavy (non-hydrogen) atoms. The molecule has 1 aromatic rings. The Morgan fingerprint density at radius 3 is 2.82 bits per heavy atom. The van der Waals surface area contributed by atoms with Crippen LogP contribution in [0.3, 0.4) is 0 Å². The third-order valence-corrected chi connectivity index (χ3v) is 3.13. The minimum atomic E-state index is -0.473. The van der Waals surface area contributed by atoms with Crippen molar-refractivity contribution in [2.75, 3.05) is 33.2 Å². The van der Waals surface area contributed by atoms with Crippen LogP contribution in [-0.4, -0.2) is 64.9 Å². The first-order valence-electron chi connectivity index (χ1n) is 5.87. The summed E-state index contributed by atoms with van der Waals surface area (Å²) in [7, 11) is 2.06. The molecule has 0 aliphatic carbocycles. The van der Waals surface area contributed by atoms with E-state index in [4.69, 9.17) is 5.73 Å². The largest absolute Gasteiger partial charge is 0.348 e. The molecule has 3 N–H and O–H groups in total. The fourth-order valence-electron chi connectivity index (χ4n) is 1.98. The van der Waals surface area contributed by atoms with Gasteiger partial charge in [0.2, 0.25) is 5.91 Å². The number of hydrogen-bond donors (Lipinski definition) is 2. The molecule has 1 fully saturated rings. The van der Waals surface area contributed by atoms with Crippen LogP contribution in [0.1, 0.15) is 5.69 Å². The van der Waals surface area contributed by atoms with Crippen molar-refractivity contribution < 1.29 is 4.79 Å². The lowest BCUT2D eigenvalue weighted by Crippen LogP contribution is -2.52. The highest BCUT2D eigenvalue weighted by Crippen LogP contribution is 2.04. The zero-order chi connectivity index (χ0) is 12.3. The van der Waals surface area contributed by atoms with Crippen LogP contribution in [0.5, 0.6) is 0 Å². The lowest BCUT2D eigenvalue weighted by Gasteiger charge is -2.33. The van der Waals surface area contributed by atoms with Crippen molar-refractivity contribution in [2.45, 2.75) is 12.5 Å². The van der Waals surface area contributed by atoms with E-state index in [9.17, 15) is 4.79 Å². The summed E-state index contributed by atoms with van der Waals surface area (Å²) in [5.74, 6) is 0.0349. The number of piperazine rings is 1. The average Bonchev–Trinajstić information content (AvgIpc) is 2.82. The predicted octanol–water partition coefficient (Wildman–Crippen LogP) is -0.946. The zero-order valence-corrected chi connectivity index (χ0v) is 10.1. The SMILES string of the molecule is CN1CCN(C(=O)[C@@H](N)Cc2cnc[nH]2)CC1. The van der Waals surface area contributed by atoms with Crippen molar-refractivity contribution in [3.8, 4) is 0 Å². The maximum absolute atomic E-state index is 12.1. The minimum Gasteiger partial charge on any atom is -0.348 e. The number of likely N-dealkylation sites (N-methyl/N-ethyl adjacent to an activating group) is 1. The highest BCUT2D eigenvalue weighted by molar-refractivity contribution is 5.82. The van der Waals surface area contributed by atoms with Gasteiger partial charge in [-0.1, -0.05) is 0 Å². The third-order valence-electron chi connectivity index (χ3n) is 3.13. The molecule has 6 heteroatoms. The zero-order valence-electron chi connectivity index (χ0n) is 10.1. The summed E-state index contributed by atoms with van der Waals surface area (Å²) in [6.45, 7) is 3.38. The predicted molar refractivity (Wildman–Crippen MR) is 64.3 cm³/mol. The number of aromatic amines is 1. The summed E-state index contributed by atoms with van der Waals surface area (Å²) in [5, 5.41) is 0. The van der Waals surface area contributed by atoms with Crippen molar-refractivity contribution >= 4 is 5.91 Å². The average molecular weight is 237 g/mol. The second kappa shape index (κ2) is 5.29. The first-order chi connectivity index (χ1) is 8.16. The van der Waals surface area contributed by atoms with Gasteiger partial charge in [0.15, 0.2) is 0 Å². The van der Waals surface area contributed by atoms with Gasteiger partial charge in [-0.15, -0.1) is 0 Å². The quantitative estimate of drug-likeness (QED) is 0.711. The van der Waals surface area contributed by atoms with Crippen LogP contribution >= 0.6 is 0 Å². The lowest BCUT2D eigenvalue weighted by atomic mass is 10.1. The minimum absolute atomic E-state index is 0.0349. The van der Waals surface area contributed by atoms with Crippen LogP contribution in [0.4, 0.5) is 0 Å². The van der Waals surface area contributed by atoms with Gasteiger partial charge < -0.3 is 20.5 Å². The van der Waals surface area contributed by atoms with Gasteiger partial charge >= 0.3 is 0 Å². The van der Waals surface area contributed by atoms with Crippen molar-refractivity contribution in [1.82, 2.24) is 19.8 Å². The lowest BCUT2D eigenvalue weighted by molar-refractivity contribution is -0.134. The molecule has 6 nitrogen and oxygen atoms in total. The fourth-order valence-corrected chi connectivity index (χ4v) is 1.98. The van der Waals surface area contributed by atoms with Crippen molar-refractivity contribution in [2.24, 2.45) is 5.73 Å². The topological polar surface area (TPSA) is 78.2 Å². The Balaban J connectivity index is 1.86. The van der Waals surface area contributed by atoms with Gasteiger partial charge in [-0.25, -0.2) is 4.98 Å². The smallest absolute Gasteiger partial charge is 0.239 e. The van der Waals surface area contributed by atoms with Gasteiger partial charge in [0.1, 0.15) is 0 Å². The molecule has 0 bridgehead atoms. The van der Waals surface area contributed by atoms with Crippen molar-refractivity contribution in [3.05, 3.63) is 18.2 Å². The first kappa shape index (κ1) is 12.1. The van der Waals surface area contributed by atoms with Gasteiger partial charge in [-0.2, -0.15) is 0 Å². The van der Waals surface area contributed by atoms with Crippen LogP contribution in [0.2, 0.25) is 0 Å². The molecule has 1 aliphatic heterocycles. The number of rotatable bonds is 3. The van der Waals surface area contributed by atoms with E-state index in [0.29, 0.717) is 6.42 Å². The standard InChI is InChI=1S/C11H19N5O/c1-15-2-4-16(5-3-15)11(17)10(12)6-9-7-13-8-14-9/h7-8,10H,2-6,12H2,1H3,(H,13,14)/t10-/m0/s1. The summed E-state index contributed by atoms with van der Waals surface area (Å²) in [6, 6.07) is -0.473. The van der Waals surface area contributed by atoms with E-state index in [2.05, 4.69) is 21.9 Å². The van der Waals surface area contributed by atoms with E-state index in [0.717, 1.165) is 31.9 Å². The van der Waals surface area contributed by atoms with Crippen LogP contribution in [0, 0.1) is 0 Å². The number of H-pyrrole nitrogens is 1. The van der Waals surface area contributed by atoms with Gasteiger partial charge in [0.25, 0.3) is 0 Å². The number of nitrogens with one attached hydrogen (secondary N) is 1. The molecule has 0 radical (unpaired) electrons. The number of carbonyl (C=O) groups excluding carboxylic acids is 1. The summed E-state index contributed by atoms with van der Waals surface area (Å²) in [6.07, 6.45) is 3.82. The second-order valence-electron chi connectivity index (χ2n) is 4.52. The molecule has 0 spiro atoms. The number of nitrogens with two attached hydrogens (primary N) is 1. The van der Waals surface area contributed by atoms with Crippen LogP contribution < -0.4 is 5.73 Å². The van der Waals surface area contributed by atoms with E-state index in [1.807, 2.05) is 4.90 Å². The Bertz CT molecular complexity index is 356. The van der Waals surface area contributed by atoms with Crippen LogP contribution in [-0.2, 0) is 11.2 Å². The van der Waals surface area contributed by atoms with E-state index in [1.54, 1.807) is 12.5 Å². The normalized spacial score (nSPS) is 19.3. The molecule has 0 aromatic carbocycles. The highest BCUT2D eigenvalue weighted by Gasteiger charge is 2.24. The molecule has 94 valence electrons. The molecule has 1 aliphatic rings. The van der Waals surface area contributed by atoms with Crippen molar-refractivity contribution in [3.63, 3.8) is 0 Å².